The minimum absolute atomic E-state index is 0.189. The highest BCUT2D eigenvalue weighted by atomic mass is 32.1. The van der Waals surface area contributed by atoms with Gasteiger partial charge in [0.15, 0.2) is 5.76 Å². The number of fused-ring (bicyclic) bond motifs is 1. The molecule has 1 aliphatic heterocycles. The summed E-state index contributed by atoms with van der Waals surface area (Å²) in [6.07, 6.45) is 1.74. The first kappa shape index (κ1) is 18.0. The number of aryl methyl sites for hydroxylation is 1. The number of hydrogen-bond acceptors (Lipinski definition) is 6. The summed E-state index contributed by atoms with van der Waals surface area (Å²) in [7, 11) is 1.49. The van der Waals surface area contributed by atoms with Gasteiger partial charge in [0.05, 0.1) is 12.7 Å². The van der Waals surface area contributed by atoms with Crippen LogP contribution in [0.5, 0.6) is 17.2 Å². The maximum absolute atomic E-state index is 12.6. The Bertz CT molecular complexity index is 1110. The van der Waals surface area contributed by atoms with Crippen LogP contribution in [0.2, 0.25) is 0 Å². The van der Waals surface area contributed by atoms with Gasteiger partial charge in [-0.05, 0) is 48.2 Å². The number of para-hydroxylation sites is 1. The number of allylic oxidation sites excluding steroid dienone is 1. The third-order valence-electron chi connectivity index (χ3n) is 4.34. The van der Waals surface area contributed by atoms with Gasteiger partial charge >= 0.3 is 5.97 Å². The molecule has 0 amide bonds. The molecule has 0 unspecified atom stereocenters. The van der Waals surface area contributed by atoms with E-state index in [1.54, 1.807) is 48.5 Å². The molecule has 3 aromatic rings. The minimum Gasteiger partial charge on any atom is -0.496 e. The molecule has 1 aliphatic rings. The van der Waals surface area contributed by atoms with Crippen LogP contribution in [0.1, 0.15) is 31.2 Å². The lowest BCUT2D eigenvalue weighted by Gasteiger charge is -2.08. The summed E-state index contributed by atoms with van der Waals surface area (Å²) in [6, 6.07) is 13.5. The number of thiophene rings is 1. The average Bonchev–Trinajstić information content (AvgIpc) is 3.25. The van der Waals surface area contributed by atoms with Crippen LogP contribution < -0.4 is 14.2 Å². The van der Waals surface area contributed by atoms with E-state index in [4.69, 9.17) is 14.2 Å². The van der Waals surface area contributed by atoms with E-state index < -0.39 is 5.97 Å². The van der Waals surface area contributed by atoms with E-state index in [1.807, 2.05) is 18.4 Å². The lowest BCUT2D eigenvalue weighted by atomic mass is 10.1. The molecule has 0 atom stereocenters. The largest absolute Gasteiger partial charge is 0.496 e. The van der Waals surface area contributed by atoms with E-state index in [0.717, 1.165) is 10.4 Å². The van der Waals surface area contributed by atoms with Crippen LogP contribution in [0.4, 0.5) is 0 Å². The Balaban J connectivity index is 1.57. The van der Waals surface area contributed by atoms with Crippen molar-refractivity contribution < 1.29 is 23.8 Å². The second kappa shape index (κ2) is 7.32. The zero-order chi connectivity index (χ0) is 19.7. The summed E-state index contributed by atoms with van der Waals surface area (Å²) in [4.78, 5) is 26.0. The van der Waals surface area contributed by atoms with E-state index in [0.29, 0.717) is 22.6 Å². The molecule has 0 saturated carbocycles. The molecule has 0 spiro atoms. The topological polar surface area (TPSA) is 61.8 Å². The number of methoxy groups -OCH3 is 1. The average molecular weight is 392 g/mol. The first-order valence-electron chi connectivity index (χ1n) is 8.54. The van der Waals surface area contributed by atoms with Crippen LogP contribution in [0, 0.1) is 6.92 Å². The highest BCUT2D eigenvalue weighted by Crippen LogP contribution is 2.36. The van der Waals surface area contributed by atoms with E-state index in [9.17, 15) is 9.59 Å². The Morgan fingerprint density at radius 2 is 1.96 bits per heavy atom. The third kappa shape index (κ3) is 3.30. The fourth-order valence-electron chi connectivity index (χ4n) is 2.86. The summed E-state index contributed by atoms with van der Waals surface area (Å²) in [6.45, 7) is 1.98. The number of ketones is 1. The first-order chi connectivity index (χ1) is 13.6. The van der Waals surface area contributed by atoms with Gasteiger partial charge in [-0.2, -0.15) is 0 Å². The number of hydrogen-bond donors (Lipinski definition) is 0. The van der Waals surface area contributed by atoms with Gasteiger partial charge in [-0.3, -0.25) is 4.79 Å². The second-order valence-corrected chi connectivity index (χ2v) is 7.10. The number of benzene rings is 2. The standard InChI is InChI=1S/C22H16O5S/c1-13-9-10-28-20(13)12-19-21(23)15-8-7-14(11-18(15)27-19)26-22(24)16-5-3-4-6-17(16)25-2/h3-12H,1-2H3/b19-12-. The van der Waals surface area contributed by atoms with Crippen molar-refractivity contribution in [3.05, 3.63) is 81.2 Å². The number of Topliss-reactive ketones (excluding diaryl/α,β-unsaturated/α-hetero) is 1. The number of carbonyl (C=O) groups excluding carboxylic acids is 2. The van der Waals surface area contributed by atoms with Gasteiger partial charge in [0.2, 0.25) is 5.78 Å². The molecule has 0 saturated heterocycles. The summed E-state index contributed by atoms with van der Waals surface area (Å²) in [5.74, 6) is 0.606. The van der Waals surface area contributed by atoms with Crippen LogP contribution in [0.3, 0.4) is 0 Å². The zero-order valence-corrected chi connectivity index (χ0v) is 16.0. The number of rotatable bonds is 4. The molecule has 0 radical (unpaired) electrons. The van der Waals surface area contributed by atoms with Crippen molar-refractivity contribution in [3.63, 3.8) is 0 Å². The molecule has 4 rings (SSSR count). The van der Waals surface area contributed by atoms with Gasteiger partial charge in [-0.1, -0.05) is 12.1 Å². The van der Waals surface area contributed by atoms with Crippen molar-refractivity contribution >= 4 is 29.2 Å². The predicted octanol–water partition coefficient (Wildman–Crippen LogP) is 4.90. The fourth-order valence-corrected chi connectivity index (χ4v) is 3.71. The molecule has 5 nitrogen and oxygen atoms in total. The summed E-state index contributed by atoms with van der Waals surface area (Å²) < 4.78 is 16.3. The lowest BCUT2D eigenvalue weighted by Crippen LogP contribution is -2.10. The Hall–Kier alpha value is -3.38. The molecule has 2 aromatic carbocycles. The Kier molecular flexibility index (Phi) is 4.71. The molecule has 28 heavy (non-hydrogen) atoms. The molecule has 0 aliphatic carbocycles. The van der Waals surface area contributed by atoms with E-state index in [2.05, 4.69) is 0 Å². The monoisotopic (exact) mass is 392 g/mol. The molecular formula is C22H16O5S. The molecule has 0 N–H and O–H groups in total. The molecule has 1 aromatic heterocycles. The van der Waals surface area contributed by atoms with Crippen molar-refractivity contribution in [1.82, 2.24) is 0 Å². The number of ether oxygens (including phenoxy) is 3. The van der Waals surface area contributed by atoms with Gasteiger partial charge in [0.1, 0.15) is 22.8 Å². The maximum Gasteiger partial charge on any atom is 0.347 e. The normalized spacial score (nSPS) is 13.9. The maximum atomic E-state index is 12.6. The predicted molar refractivity (Wildman–Crippen MR) is 106 cm³/mol. The van der Waals surface area contributed by atoms with Crippen molar-refractivity contribution in [2.45, 2.75) is 6.92 Å². The highest BCUT2D eigenvalue weighted by molar-refractivity contribution is 7.11. The van der Waals surface area contributed by atoms with Crippen molar-refractivity contribution in [1.29, 1.82) is 0 Å². The van der Waals surface area contributed by atoms with Crippen LogP contribution in [-0.4, -0.2) is 18.9 Å². The van der Waals surface area contributed by atoms with Crippen molar-refractivity contribution in [2.75, 3.05) is 7.11 Å². The third-order valence-corrected chi connectivity index (χ3v) is 5.31. The van der Waals surface area contributed by atoms with Gasteiger partial charge in [0.25, 0.3) is 0 Å². The van der Waals surface area contributed by atoms with E-state index in [1.165, 1.54) is 18.4 Å². The van der Waals surface area contributed by atoms with Crippen LogP contribution in [-0.2, 0) is 0 Å². The van der Waals surface area contributed by atoms with Gasteiger partial charge < -0.3 is 14.2 Å². The summed E-state index contributed by atoms with van der Waals surface area (Å²) >= 11 is 1.54. The Morgan fingerprint density at radius 1 is 1.14 bits per heavy atom. The Morgan fingerprint density at radius 3 is 2.71 bits per heavy atom. The Labute approximate surface area is 165 Å². The second-order valence-electron chi connectivity index (χ2n) is 6.16. The minimum atomic E-state index is -0.549. The van der Waals surface area contributed by atoms with Crippen LogP contribution in [0.15, 0.2) is 59.7 Å². The summed E-state index contributed by atoms with van der Waals surface area (Å²) in [5, 5.41) is 1.96. The first-order valence-corrected chi connectivity index (χ1v) is 9.42. The summed E-state index contributed by atoms with van der Waals surface area (Å²) in [5.41, 5.74) is 1.84. The lowest BCUT2D eigenvalue weighted by molar-refractivity contribution is 0.0731. The molecule has 2 heterocycles. The van der Waals surface area contributed by atoms with Gasteiger partial charge in [-0.15, -0.1) is 11.3 Å². The van der Waals surface area contributed by atoms with Gasteiger partial charge in [0, 0.05) is 17.0 Å². The number of carbonyl (C=O) groups is 2. The highest BCUT2D eigenvalue weighted by Gasteiger charge is 2.28. The molecule has 140 valence electrons. The fraction of sp³-hybridized carbons (Fsp3) is 0.0909. The van der Waals surface area contributed by atoms with Gasteiger partial charge in [-0.25, -0.2) is 4.79 Å². The van der Waals surface area contributed by atoms with Crippen LogP contribution in [0.25, 0.3) is 6.08 Å². The van der Waals surface area contributed by atoms with E-state index in [-0.39, 0.29) is 17.3 Å². The van der Waals surface area contributed by atoms with Crippen LogP contribution >= 0.6 is 11.3 Å². The molecule has 0 bridgehead atoms. The molecular weight excluding hydrogens is 376 g/mol. The smallest absolute Gasteiger partial charge is 0.347 e. The van der Waals surface area contributed by atoms with E-state index >= 15 is 0 Å². The molecule has 6 heteroatoms. The van der Waals surface area contributed by atoms with Crippen molar-refractivity contribution in [2.24, 2.45) is 0 Å². The SMILES string of the molecule is COc1ccccc1C(=O)Oc1ccc2c(c1)O/C(=C\c1sccc1C)C2=O. The molecule has 0 fully saturated rings. The zero-order valence-electron chi connectivity index (χ0n) is 15.2. The number of esters is 1. The van der Waals surface area contributed by atoms with Crippen molar-refractivity contribution in [3.8, 4) is 17.2 Å². The quantitative estimate of drug-likeness (QED) is 0.359.